The van der Waals surface area contributed by atoms with E-state index in [1.165, 1.54) is 19.3 Å². The maximum atomic E-state index is 5.77. The van der Waals surface area contributed by atoms with Crippen LogP contribution < -0.4 is 11.5 Å². The second kappa shape index (κ2) is 4.63. The molecule has 2 unspecified atom stereocenters. The standard InChI is InChI=1S/C12H26N2/c1-9-4-10(11(7-13)8-14)6-12(2,3)5-9/h9-11H,4-8,13-14H2,1-3H3. The molecule has 1 fully saturated rings. The molecule has 0 aromatic rings. The highest BCUT2D eigenvalue weighted by Gasteiger charge is 2.34. The predicted molar refractivity (Wildman–Crippen MR) is 61.9 cm³/mol. The van der Waals surface area contributed by atoms with Crippen LogP contribution in [0.1, 0.15) is 40.0 Å². The van der Waals surface area contributed by atoms with E-state index in [9.17, 15) is 0 Å². The van der Waals surface area contributed by atoms with Gasteiger partial charge in [0, 0.05) is 0 Å². The van der Waals surface area contributed by atoms with Gasteiger partial charge in [-0.1, -0.05) is 20.8 Å². The van der Waals surface area contributed by atoms with Gasteiger partial charge in [0.25, 0.3) is 0 Å². The van der Waals surface area contributed by atoms with Crippen LogP contribution in [0.2, 0.25) is 0 Å². The Kier molecular flexibility index (Phi) is 3.96. The third-order valence-corrected chi connectivity index (χ3v) is 3.69. The number of rotatable bonds is 3. The van der Waals surface area contributed by atoms with Crippen molar-refractivity contribution in [1.82, 2.24) is 0 Å². The number of nitrogens with two attached hydrogens (primary N) is 2. The van der Waals surface area contributed by atoms with E-state index in [0.717, 1.165) is 24.9 Å². The van der Waals surface area contributed by atoms with E-state index in [1.807, 2.05) is 0 Å². The minimum Gasteiger partial charge on any atom is -0.330 e. The van der Waals surface area contributed by atoms with Crippen molar-refractivity contribution >= 4 is 0 Å². The molecule has 0 saturated heterocycles. The maximum absolute atomic E-state index is 5.77. The SMILES string of the molecule is CC1CC(C(CN)CN)CC(C)(C)C1. The largest absolute Gasteiger partial charge is 0.330 e. The van der Waals surface area contributed by atoms with Gasteiger partial charge in [-0.15, -0.1) is 0 Å². The van der Waals surface area contributed by atoms with Gasteiger partial charge in [0.15, 0.2) is 0 Å². The molecule has 0 radical (unpaired) electrons. The zero-order valence-corrected chi connectivity index (χ0v) is 9.92. The summed E-state index contributed by atoms with van der Waals surface area (Å²) in [5.41, 5.74) is 12.0. The first-order valence-corrected chi connectivity index (χ1v) is 5.88. The molecule has 2 atom stereocenters. The molecular weight excluding hydrogens is 172 g/mol. The van der Waals surface area contributed by atoms with Crippen molar-refractivity contribution in [3.8, 4) is 0 Å². The lowest BCUT2D eigenvalue weighted by atomic mass is 9.65. The van der Waals surface area contributed by atoms with Crippen molar-refractivity contribution in [2.75, 3.05) is 13.1 Å². The summed E-state index contributed by atoms with van der Waals surface area (Å²) in [7, 11) is 0. The van der Waals surface area contributed by atoms with Crippen LogP contribution >= 0.6 is 0 Å². The zero-order valence-electron chi connectivity index (χ0n) is 9.92. The van der Waals surface area contributed by atoms with Gasteiger partial charge in [0.05, 0.1) is 0 Å². The van der Waals surface area contributed by atoms with Gasteiger partial charge in [0.1, 0.15) is 0 Å². The van der Waals surface area contributed by atoms with Crippen LogP contribution in [0.4, 0.5) is 0 Å². The van der Waals surface area contributed by atoms with Gasteiger partial charge >= 0.3 is 0 Å². The molecular formula is C12H26N2. The Balaban J connectivity index is 2.61. The lowest BCUT2D eigenvalue weighted by Gasteiger charge is -2.41. The Morgan fingerprint density at radius 2 is 1.79 bits per heavy atom. The minimum atomic E-state index is 0.491. The van der Waals surface area contributed by atoms with Crippen LogP contribution in [0, 0.1) is 23.2 Å². The van der Waals surface area contributed by atoms with Gasteiger partial charge in [-0.3, -0.25) is 0 Å². The summed E-state index contributed by atoms with van der Waals surface area (Å²) in [4.78, 5) is 0. The van der Waals surface area contributed by atoms with Gasteiger partial charge in [-0.25, -0.2) is 0 Å². The van der Waals surface area contributed by atoms with Gasteiger partial charge in [0.2, 0.25) is 0 Å². The predicted octanol–water partition coefficient (Wildman–Crippen LogP) is 1.98. The quantitative estimate of drug-likeness (QED) is 0.728. The zero-order chi connectivity index (χ0) is 10.8. The van der Waals surface area contributed by atoms with Crippen LogP contribution in [-0.4, -0.2) is 13.1 Å². The van der Waals surface area contributed by atoms with E-state index >= 15 is 0 Å². The van der Waals surface area contributed by atoms with Gasteiger partial charge in [-0.2, -0.15) is 0 Å². The normalized spacial score (nSPS) is 32.1. The Morgan fingerprint density at radius 3 is 2.21 bits per heavy atom. The van der Waals surface area contributed by atoms with E-state index in [4.69, 9.17) is 11.5 Å². The van der Waals surface area contributed by atoms with E-state index in [2.05, 4.69) is 20.8 Å². The second-order valence-corrected chi connectivity index (χ2v) is 5.90. The van der Waals surface area contributed by atoms with E-state index in [0.29, 0.717) is 11.3 Å². The molecule has 0 bridgehead atoms. The first-order chi connectivity index (χ1) is 6.48. The monoisotopic (exact) mass is 198 g/mol. The topological polar surface area (TPSA) is 52.0 Å². The maximum Gasteiger partial charge on any atom is -0.00341 e. The first kappa shape index (κ1) is 12.0. The smallest absolute Gasteiger partial charge is 0.00341 e. The van der Waals surface area contributed by atoms with Crippen molar-refractivity contribution in [3.05, 3.63) is 0 Å². The fraction of sp³-hybridized carbons (Fsp3) is 1.00. The fourth-order valence-corrected chi connectivity index (χ4v) is 3.26. The summed E-state index contributed by atoms with van der Waals surface area (Å²) < 4.78 is 0. The van der Waals surface area contributed by atoms with Crippen molar-refractivity contribution in [2.45, 2.75) is 40.0 Å². The lowest BCUT2D eigenvalue weighted by molar-refractivity contribution is 0.0992. The molecule has 2 heteroatoms. The minimum absolute atomic E-state index is 0.491. The molecule has 2 nitrogen and oxygen atoms in total. The molecule has 1 aliphatic carbocycles. The lowest BCUT2D eigenvalue weighted by Crippen LogP contribution is -2.37. The summed E-state index contributed by atoms with van der Waals surface area (Å²) in [5, 5.41) is 0. The summed E-state index contributed by atoms with van der Waals surface area (Å²) in [5.74, 6) is 2.13. The molecule has 0 aromatic heterocycles. The molecule has 84 valence electrons. The molecule has 14 heavy (non-hydrogen) atoms. The average molecular weight is 198 g/mol. The summed E-state index contributed by atoms with van der Waals surface area (Å²) >= 11 is 0. The van der Waals surface area contributed by atoms with Crippen LogP contribution in [0.15, 0.2) is 0 Å². The van der Waals surface area contributed by atoms with Crippen LogP contribution in [0.25, 0.3) is 0 Å². The van der Waals surface area contributed by atoms with Crippen molar-refractivity contribution < 1.29 is 0 Å². The van der Waals surface area contributed by atoms with Gasteiger partial charge < -0.3 is 11.5 Å². The summed E-state index contributed by atoms with van der Waals surface area (Å²) in [6, 6.07) is 0. The Labute approximate surface area is 88.4 Å². The van der Waals surface area contributed by atoms with Crippen LogP contribution in [-0.2, 0) is 0 Å². The third-order valence-electron chi connectivity index (χ3n) is 3.69. The molecule has 0 heterocycles. The van der Waals surface area contributed by atoms with Crippen molar-refractivity contribution in [3.63, 3.8) is 0 Å². The van der Waals surface area contributed by atoms with Crippen LogP contribution in [0.3, 0.4) is 0 Å². The fourth-order valence-electron chi connectivity index (χ4n) is 3.26. The second-order valence-electron chi connectivity index (χ2n) is 5.90. The van der Waals surface area contributed by atoms with Gasteiger partial charge in [-0.05, 0) is 55.5 Å². The molecule has 1 rings (SSSR count). The molecule has 4 N–H and O–H groups in total. The Morgan fingerprint density at radius 1 is 1.21 bits per heavy atom. The highest BCUT2D eigenvalue weighted by atomic mass is 14.6. The van der Waals surface area contributed by atoms with E-state index in [-0.39, 0.29) is 0 Å². The molecule has 0 spiro atoms. The Bertz CT molecular complexity index is 173. The first-order valence-electron chi connectivity index (χ1n) is 5.88. The Hall–Kier alpha value is -0.0800. The van der Waals surface area contributed by atoms with Crippen molar-refractivity contribution in [1.29, 1.82) is 0 Å². The molecule has 1 saturated carbocycles. The summed E-state index contributed by atoms with van der Waals surface area (Å²) in [6.07, 6.45) is 3.98. The average Bonchev–Trinajstić information content (AvgIpc) is 2.02. The van der Waals surface area contributed by atoms with E-state index < -0.39 is 0 Å². The third kappa shape index (κ3) is 2.96. The molecule has 0 amide bonds. The highest BCUT2D eigenvalue weighted by molar-refractivity contribution is 4.86. The highest BCUT2D eigenvalue weighted by Crippen LogP contribution is 2.43. The number of hydrogen-bond donors (Lipinski definition) is 2. The summed E-state index contributed by atoms with van der Waals surface area (Å²) in [6.45, 7) is 8.62. The molecule has 0 aliphatic heterocycles. The van der Waals surface area contributed by atoms with Crippen molar-refractivity contribution in [2.24, 2.45) is 34.6 Å². The van der Waals surface area contributed by atoms with E-state index in [1.54, 1.807) is 0 Å². The molecule has 1 aliphatic rings. The number of hydrogen-bond acceptors (Lipinski definition) is 2. The van der Waals surface area contributed by atoms with Crippen LogP contribution in [0.5, 0.6) is 0 Å². The molecule has 0 aromatic carbocycles.